The SMILES string of the molecule is Cc1cc(C)cc(C(=O)N2CC[C@@H]3CNC[C@@H]3CC2)c1. The van der Waals surface area contributed by atoms with Gasteiger partial charge in [-0.25, -0.2) is 0 Å². The zero-order chi connectivity index (χ0) is 14.1. The van der Waals surface area contributed by atoms with Gasteiger partial charge in [0.1, 0.15) is 0 Å². The smallest absolute Gasteiger partial charge is 0.253 e. The molecule has 1 N–H and O–H groups in total. The van der Waals surface area contributed by atoms with Crippen molar-refractivity contribution in [3.8, 4) is 0 Å². The van der Waals surface area contributed by atoms with E-state index >= 15 is 0 Å². The molecule has 3 nitrogen and oxygen atoms in total. The van der Waals surface area contributed by atoms with E-state index in [9.17, 15) is 4.79 Å². The summed E-state index contributed by atoms with van der Waals surface area (Å²) in [4.78, 5) is 14.7. The largest absolute Gasteiger partial charge is 0.339 e. The number of benzene rings is 1. The second-order valence-corrected chi connectivity index (χ2v) is 6.42. The van der Waals surface area contributed by atoms with Crippen LogP contribution in [0.15, 0.2) is 18.2 Å². The summed E-state index contributed by atoms with van der Waals surface area (Å²) in [7, 11) is 0. The lowest BCUT2D eigenvalue weighted by Crippen LogP contribution is -2.32. The maximum Gasteiger partial charge on any atom is 0.253 e. The first-order chi connectivity index (χ1) is 9.63. The number of carbonyl (C=O) groups is 1. The first kappa shape index (κ1) is 13.6. The van der Waals surface area contributed by atoms with Gasteiger partial charge in [-0.1, -0.05) is 17.2 Å². The molecule has 20 heavy (non-hydrogen) atoms. The summed E-state index contributed by atoms with van der Waals surface area (Å²) in [5.74, 6) is 1.75. The molecule has 1 amide bonds. The van der Waals surface area contributed by atoms with Crippen molar-refractivity contribution in [2.24, 2.45) is 11.8 Å². The lowest BCUT2D eigenvalue weighted by molar-refractivity contribution is 0.0758. The molecule has 0 radical (unpaired) electrons. The molecule has 1 aromatic carbocycles. The van der Waals surface area contributed by atoms with E-state index in [1.165, 1.54) is 11.1 Å². The lowest BCUT2D eigenvalue weighted by Gasteiger charge is -2.21. The van der Waals surface area contributed by atoms with Gasteiger partial charge in [0.05, 0.1) is 0 Å². The van der Waals surface area contributed by atoms with Crippen LogP contribution >= 0.6 is 0 Å². The van der Waals surface area contributed by atoms with E-state index in [-0.39, 0.29) is 5.91 Å². The molecule has 2 aliphatic rings. The van der Waals surface area contributed by atoms with Gasteiger partial charge >= 0.3 is 0 Å². The van der Waals surface area contributed by atoms with E-state index in [4.69, 9.17) is 0 Å². The Morgan fingerprint density at radius 1 is 1.05 bits per heavy atom. The Morgan fingerprint density at radius 2 is 1.60 bits per heavy atom. The van der Waals surface area contributed by atoms with E-state index in [1.54, 1.807) is 0 Å². The van der Waals surface area contributed by atoms with Gasteiger partial charge in [0.15, 0.2) is 0 Å². The number of rotatable bonds is 1. The Labute approximate surface area is 121 Å². The molecule has 0 aromatic heterocycles. The van der Waals surface area contributed by atoms with Crippen LogP contribution in [0.2, 0.25) is 0 Å². The zero-order valence-corrected chi connectivity index (χ0v) is 12.5. The molecule has 2 atom stereocenters. The Morgan fingerprint density at radius 3 is 2.15 bits per heavy atom. The summed E-state index contributed by atoms with van der Waals surface area (Å²) in [5.41, 5.74) is 3.20. The number of likely N-dealkylation sites (tertiary alicyclic amines) is 1. The van der Waals surface area contributed by atoms with Gasteiger partial charge < -0.3 is 10.2 Å². The first-order valence-electron chi connectivity index (χ1n) is 7.72. The predicted molar refractivity (Wildman–Crippen MR) is 80.9 cm³/mol. The van der Waals surface area contributed by atoms with Crippen molar-refractivity contribution in [1.29, 1.82) is 0 Å². The van der Waals surface area contributed by atoms with Crippen LogP contribution in [-0.4, -0.2) is 37.0 Å². The van der Waals surface area contributed by atoms with Crippen LogP contribution in [0.1, 0.15) is 34.3 Å². The fourth-order valence-electron chi connectivity index (χ4n) is 3.70. The third kappa shape index (κ3) is 2.73. The Balaban J connectivity index is 1.73. The van der Waals surface area contributed by atoms with Gasteiger partial charge in [-0.15, -0.1) is 0 Å². The quantitative estimate of drug-likeness (QED) is 0.851. The Kier molecular flexibility index (Phi) is 3.79. The normalized spacial score (nSPS) is 26.2. The maximum absolute atomic E-state index is 12.7. The molecule has 2 aliphatic heterocycles. The van der Waals surface area contributed by atoms with Crippen molar-refractivity contribution in [3.05, 3.63) is 34.9 Å². The molecule has 3 rings (SSSR count). The van der Waals surface area contributed by atoms with Crippen molar-refractivity contribution in [1.82, 2.24) is 10.2 Å². The van der Waals surface area contributed by atoms with Crippen molar-refractivity contribution in [2.45, 2.75) is 26.7 Å². The van der Waals surface area contributed by atoms with E-state index in [0.29, 0.717) is 0 Å². The van der Waals surface area contributed by atoms with Gasteiger partial charge in [0, 0.05) is 18.7 Å². The number of amides is 1. The summed E-state index contributed by atoms with van der Waals surface area (Å²) in [6.07, 6.45) is 2.29. The summed E-state index contributed by atoms with van der Waals surface area (Å²) < 4.78 is 0. The van der Waals surface area contributed by atoms with E-state index in [1.807, 2.05) is 12.1 Å². The fourth-order valence-corrected chi connectivity index (χ4v) is 3.70. The highest BCUT2D eigenvalue weighted by atomic mass is 16.2. The van der Waals surface area contributed by atoms with Crippen LogP contribution in [0, 0.1) is 25.7 Å². The summed E-state index contributed by atoms with van der Waals surface area (Å²) in [6, 6.07) is 6.15. The molecule has 2 fully saturated rings. The van der Waals surface area contributed by atoms with Gasteiger partial charge in [0.2, 0.25) is 0 Å². The van der Waals surface area contributed by atoms with Crippen molar-refractivity contribution in [3.63, 3.8) is 0 Å². The molecule has 108 valence electrons. The van der Waals surface area contributed by atoms with Gasteiger partial charge in [0.25, 0.3) is 5.91 Å². The summed E-state index contributed by atoms with van der Waals surface area (Å²) >= 11 is 0. The Bertz CT molecular complexity index is 477. The topological polar surface area (TPSA) is 32.3 Å². The van der Waals surface area contributed by atoms with E-state index in [0.717, 1.165) is 56.4 Å². The van der Waals surface area contributed by atoms with Crippen molar-refractivity contribution < 1.29 is 4.79 Å². The van der Waals surface area contributed by atoms with Crippen LogP contribution in [0.4, 0.5) is 0 Å². The maximum atomic E-state index is 12.7. The highest BCUT2D eigenvalue weighted by molar-refractivity contribution is 5.94. The van der Waals surface area contributed by atoms with Gasteiger partial charge in [-0.2, -0.15) is 0 Å². The number of carbonyl (C=O) groups excluding carboxylic acids is 1. The van der Waals surface area contributed by atoms with E-state index < -0.39 is 0 Å². The first-order valence-corrected chi connectivity index (χ1v) is 7.72. The second kappa shape index (κ2) is 5.57. The van der Waals surface area contributed by atoms with Crippen molar-refractivity contribution >= 4 is 5.91 Å². The lowest BCUT2D eigenvalue weighted by atomic mass is 9.92. The van der Waals surface area contributed by atoms with Gasteiger partial charge in [-0.3, -0.25) is 4.79 Å². The molecular weight excluding hydrogens is 248 g/mol. The standard InChI is InChI=1S/C17H24N2O/c1-12-7-13(2)9-16(8-12)17(20)19-5-3-14-10-18-11-15(14)4-6-19/h7-9,14-15,18H,3-6,10-11H2,1-2H3/t14-,15+. The van der Waals surface area contributed by atoms with Crippen LogP contribution in [0.5, 0.6) is 0 Å². The predicted octanol–water partition coefficient (Wildman–Crippen LogP) is 2.38. The van der Waals surface area contributed by atoms with Crippen LogP contribution in [0.3, 0.4) is 0 Å². The molecular formula is C17H24N2O. The molecule has 0 aliphatic carbocycles. The number of aryl methyl sites for hydroxylation is 2. The molecule has 0 unspecified atom stereocenters. The molecule has 3 heteroatoms. The number of hydrogen-bond acceptors (Lipinski definition) is 2. The van der Waals surface area contributed by atoms with Gasteiger partial charge in [-0.05, 0) is 63.7 Å². The fraction of sp³-hybridized carbons (Fsp3) is 0.588. The summed E-state index contributed by atoms with van der Waals surface area (Å²) in [6.45, 7) is 8.21. The van der Waals surface area contributed by atoms with Crippen LogP contribution in [0.25, 0.3) is 0 Å². The minimum atomic E-state index is 0.213. The third-order valence-corrected chi connectivity index (χ3v) is 4.78. The molecule has 0 spiro atoms. The van der Waals surface area contributed by atoms with E-state index in [2.05, 4.69) is 30.1 Å². The highest BCUT2D eigenvalue weighted by Crippen LogP contribution is 2.27. The molecule has 0 bridgehead atoms. The number of hydrogen-bond donors (Lipinski definition) is 1. The molecule has 1 aromatic rings. The minimum Gasteiger partial charge on any atom is -0.339 e. The monoisotopic (exact) mass is 272 g/mol. The number of nitrogens with zero attached hydrogens (tertiary/aromatic N) is 1. The minimum absolute atomic E-state index is 0.213. The third-order valence-electron chi connectivity index (χ3n) is 4.78. The Hall–Kier alpha value is -1.35. The highest BCUT2D eigenvalue weighted by Gasteiger charge is 2.31. The zero-order valence-electron chi connectivity index (χ0n) is 12.5. The average molecular weight is 272 g/mol. The number of fused-ring (bicyclic) bond motifs is 1. The average Bonchev–Trinajstić information content (AvgIpc) is 2.76. The molecule has 2 heterocycles. The van der Waals surface area contributed by atoms with Crippen LogP contribution in [-0.2, 0) is 0 Å². The van der Waals surface area contributed by atoms with Crippen molar-refractivity contribution in [2.75, 3.05) is 26.2 Å². The molecule has 2 saturated heterocycles. The summed E-state index contributed by atoms with van der Waals surface area (Å²) in [5, 5.41) is 3.48. The second-order valence-electron chi connectivity index (χ2n) is 6.42. The number of nitrogens with one attached hydrogen (secondary N) is 1. The van der Waals surface area contributed by atoms with Crippen LogP contribution < -0.4 is 5.32 Å². The molecule has 0 saturated carbocycles.